The average molecular weight is 291 g/mol. The molecule has 0 bridgehead atoms. The third-order valence-corrected chi connectivity index (χ3v) is 3.80. The molecule has 0 aliphatic rings. The second kappa shape index (κ2) is 5.97. The molecular weight excluding hydrogens is 271 g/mol. The van der Waals surface area contributed by atoms with Gasteiger partial charge in [-0.1, -0.05) is 57.2 Å². The second-order valence-electron chi connectivity index (χ2n) is 6.14. The van der Waals surface area contributed by atoms with Crippen LogP contribution in [0, 0.1) is 5.82 Å². The highest BCUT2D eigenvalue weighted by Crippen LogP contribution is 2.34. The van der Waals surface area contributed by atoms with E-state index in [1.54, 1.807) is 12.1 Å². The van der Waals surface area contributed by atoms with Gasteiger partial charge in [-0.3, -0.25) is 0 Å². The first kappa shape index (κ1) is 15.1. The lowest BCUT2D eigenvalue weighted by molar-refractivity contribution is 0.580. The van der Waals surface area contributed by atoms with Crippen molar-refractivity contribution in [2.75, 3.05) is 0 Å². The summed E-state index contributed by atoms with van der Waals surface area (Å²) < 4.78 is 13.2. The van der Waals surface area contributed by atoms with E-state index in [1.807, 2.05) is 18.2 Å². The lowest BCUT2D eigenvalue weighted by atomic mass is 9.82. The third kappa shape index (κ3) is 3.61. The Labute approximate surface area is 125 Å². The summed E-state index contributed by atoms with van der Waals surface area (Å²) in [6, 6.07) is 14.9. The minimum absolute atomic E-state index is 0.0473. The van der Waals surface area contributed by atoms with Gasteiger partial charge in [-0.25, -0.2) is 4.39 Å². The van der Waals surface area contributed by atoms with Gasteiger partial charge in [0, 0.05) is 0 Å². The topological polar surface area (TPSA) is 0 Å². The van der Waals surface area contributed by atoms with Crippen LogP contribution < -0.4 is 0 Å². The van der Waals surface area contributed by atoms with Gasteiger partial charge in [-0.2, -0.15) is 0 Å². The molecule has 1 atom stereocenters. The molecule has 20 heavy (non-hydrogen) atoms. The molecule has 0 heterocycles. The van der Waals surface area contributed by atoms with Crippen LogP contribution in [0.3, 0.4) is 0 Å². The minimum atomic E-state index is -0.213. The maximum atomic E-state index is 13.2. The summed E-state index contributed by atoms with van der Waals surface area (Å²) in [4.78, 5) is 0. The van der Waals surface area contributed by atoms with E-state index in [9.17, 15) is 4.39 Å². The van der Waals surface area contributed by atoms with Crippen LogP contribution >= 0.6 is 11.6 Å². The molecule has 0 aromatic heterocycles. The highest BCUT2D eigenvalue weighted by Gasteiger charge is 2.21. The van der Waals surface area contributed by atoms with Crippen LogP contribution in [-0.2, 0) is 11.8 Å². The highest BCUT2D eigenvalue weighted by atomic mass is 35.5. The Kier molecular flexibility index (Phi) is 4.49. The van der Waals surface area contributed by atoms with Gasteiger partial charge < -0.3 is 0 Å². The van der Waals surface area contributed by atoms with Crippen molar-refractivity contribution < 1.29 is 4.39 Å². The van der Waals surface area contributed by atoms with Crippen molar-refractivity contribution in [3.8, 4) is 0 Å². The van der Waals surface area contributed by atoms with Gasteiger partial charge in [-0.15, -0.1) is 11.6 Å². The lowest BCUT2D eigenvalue weighted by Gasteiger charge is -2.25. The van der Waals surface area contributed by atoms with Crippen molar-refractivity contribution in [1.82, 2.24) is 0 Å². The van der Waals surface area contributed by atoms with E-state index >= 15 is 0 Å². The van der Waals surface area contributed by atoms with Crippen molar-refractivity contribution in [3.05, 3.63) is 71.0 Å². The summed E-state index contributed by atoms with van der Waals surface area (Å²) in [6.07, 6.45) is 0.631. The first-order chi connectivity index (χ1) is 9.38. The molecule has 2 rings (SSSR count). The summed E-state index contributed by atoms with van der Waals surface area (Å²) in [7, 11) is 0. The number of rotatable bonds is 3. The molecule has 2 aromatic carbocycles. The van der Waals surface area contributed by atoms with Crippen LogP contribution in [0.5, 0.6) is 0 Å². The average Bonchev–Trinajstić information content (AvgIpc) is 2.37. The van der Waals surface area contributed by atoms with Gasteiger partial charge in [0.2, 0.25) is 0 Å². The monoisotopic (exact) mass is 290 g/mol. The first-order valence-electron chi connectivity index (χ1n) is 6.86. The summed E-state index contributed by atoms with van der Waals surface area (Å²) in [6.45, 7) is 6.53. The molecule has 0 nitrogen and oxygen atoms in total. The molecule has 0 saturated heterocycles. The fraction of sp³-hybridized carbons (Fsp3) is 0.333. The normalized spacial score (nSPS) is 13.2. The fourth-order valence-corrected chi connectivity index (χ4v) is 2.80. The molecule has 0 aliphatic heterocycles. The quantitative estimate of drug-likeness (QED) is 0.641. The zero-order chi connectivity index (χ0) is 14.8. The third-order valence-electron chi connectivity index (χ3n) is 3.41. The van der Waals surface area contributed by atoms with Crippen molar-refractivity contribution in [2.45, 2.75) is 38.0 Å². The molecule has 2 aromatic rings. The van der Waals surface area contributed by atoms with Gasteiger partial charge in [-0.05, 0) is 40.7 Å². The van der Waals surface area contributed by atoms with Crippen LogP contribution in [-0.4, -0.2) is 0 Å². The van der Waals surface area contributed by atoms with Gasteiger partial charge >= 0.3 is 0 Å². The van der Waals surface area contributed by atoms with E-state index in [-0.39, 0.29) is 16.6 Å². The van der Waals surface area contributed by atoms with Crippen LogP contribution in [0.15, 0.2) is 48.5 Å². The molecule has 0 aliphatic carbocycles. The summed E-state index contributed by atoms with van der Waals surface area (Å²) in [5, 5.41) is -0.146. The van der Waals surface area contributed by atoms with E-state index in [4.69, 9.17) is 11.6 Å². The molecule has 0 radical (unpaired) electrons. The Balaban J connectivity index is 2.28. The Morgan fingerprint density at radius 1 is 1.05 bits per heavy atom. The summed E-state index contributed by atoms with van der Waals surface area (Å²) in [5.74, 6) is -0.213. The highest BCUT2D eigenvalue weighted by molar-refractivity contribution is 6.21. The number of benzene rings is 2. The zero-order valence-electron chi connectivity index (χ0n) is 12.2. The van der Waals surface area contributed by atoms with E-state index in [1.165, 1.54) is 11.6 Å². The molecule has 0 fully saturated rings. The standard InChI is InChI=1S/C18H20ClF/c1-18(2,3)16-10-5-4-9-15(16)17(19)12-13-7-6-8-14(20)11-13/h4-11,17H,12H2,1-3H3. The van der Waals surface area contributed by atoms with Crippen molar-refractivity contribution in [2.24, 2.45) is 0 Å². The Morgan fingerprint density at radius 3 is 2.40 bits per heavy atom. The molecule has 0 spiro atoms. The smallest absolute Gasteiger partial charge is 0.123 e. The van der Waals surface area contributed by atoms with Crippen LogP contribution in [0.25, 0.3) is 0 Å². The Morgan fingerprint density at radius 2 is 1.75 bits per heavy atom. The maximum absolute atomic E-state index is 13.2. The fourth-order valence-electron chi connectivity index (χ4n) is 2.43. The molecule has 0 saturated carbocycles. The second-order valence-corrected chi connectivity index (χ2v) is 6.67. The van der Waals surface area contributed by atoms with Gasteiger partial charge in [0.15, 0.2) is 0 Å². The van der Waals surface area contributed by atoms with Gasteiger partial charge in [0.25, 0.3) is 0 Å². The largest absolute Gasteiger partial charge is 0.207 e. The van der Waals surface area contributed by atoms with Crippen LogP contribution in [0.2, 0.25) is 0 Å². The molecule has 1 unspecified atom stereocenters. The summed E-state index contributed by atoms with van der Waals surface area (Å²) >= 11 is 6.58. The Hall–Kier alpha value is -1.34. The lowest BCUT2D eigenvalue weighted by Crippen LogP contribution is -2.15. The van der Waals surface area contributed by atoms with Crippen molar-refractivity contribution >= 4 is 11.6 Å². The summed E-state index contributed by atoms with van der Waals surface area (Å²) in [5.41, 5.74) is 3.35. The molecular formula is C18H20ClF. The van der Waals surface area contributed by atoms with Crippen molar-refractivity contribution in [3.63, 3.8) is 0 Å². The van der Waals surface area contributed by atoms with Crippen molar-refractivity contribution in [1.29, 1.82) is 0 Å². The zero-order valence-corrected chi connectivity index (χ0v) is 12.9. The number of hydrogen-bond acceptors (Lipinski definition) is 0. The van der Waals surface area contributed by atoms with Gasteiger partial charge in [0.1, 0.15) is 5.82 Å². The molecule has 2 heteroatoms. The van der Waals surface area contributed by atoms with Crippen LogP contribution in [0.4, 0.5) is 4.39 Å². The van der Waals surface area contributed by atoms with Crippen LogP contribution in [0.1, 0.15) is 42.8 Å². The van der Waals surface area contributed by atoms with E-state index in [0.29, 0.717) is 6.42 Å². The SMILES string of the molecule is CC(C)(C)c1ccccc1C(Cl)Cc1cccc(F)c1. The van der Waals surface area contributed by atoms with Gasteiger partial charge in [0.05, 0.1) is 5.38 Å². The number of hydrogen-bond donors (Lipinski definition) is 0. The predicted molar refractivity (Wildman–Crippen MR) is 83.8 cm³/mol. The molecule has 0 amide bonds. The minimum Gasteiger partial charge on any atom is -0.207 e. The Bertz CT molecular complexity index is 584. The van der Waals surface area contributed by atoms with E-state index < -0.39 is 0 Å². The molecule has 106 valence electrons. The van der Waals surface area contributed by atoms with E-state index in [2.05, 4.69) is 32.9 Å². The maximum Gasteiger partial charge on any atom is 0.123 e. The number of halogens is 2. The number of alkyl halides is 1. The van der Waals surface area contributed by atoms with E-state index in [0.717, 1.165) is 11.1 Å². The predicted octanol–water partition coefficient (Wildman–Crippen LogP) is 5.65. The molecule has 0 N–H and O–H groups in total. The first-order valence-corrected chi connectivity index (χ1v) is 7.29.